The highest BCUT2D eigenvalue weighted by Crippen LogP contribution is 2.48. The number of rotatable bonds is 2. The molecular formula is C12H16N4O4S. The SMILES string of the molecule is C=C1Sc2c(C)nc(N)nc2N1[C@@H]1O[C@H](CO)[C@@H](O)[C@H]1O. The summed E-state index contributed by atoms with van der Waals surface area (Å²) in [5, 5.41) is 29.8. The third-order valence-electron chi connectivity index (χ3n) is 3.52. The fraction of sp³-hybridized carbons (Fsp3) is 0.500. The summed E-state index contributed by atoms with van der Waals surface area (Å²) >= 11 is 1.35. The minimum atomic E-state index is -1.19. The predicted octanol–water partition coefficient (Wildman–Crippen LogP) is -0.810. The Morgan fingerprint density at radius 3 is 2.71 bits per heavy atom. The average Bonchev–Trinajstić information content (AvgIpc) is 2.89. The van der Waals surface area contributed by atoms with Gasteiger partial charge in [-0.2, -0.15) is 4.98 Å². The van der Waals surface area contributed by atoms with Crippen LogP contribution in [0, 0.1) is 6.92 Å². The van der Waals surface area contributed by atoms with Gasteiger partial charge >= 0.3 is 0 Å². The number of nitrogens with zero attached hydrogens (tertiary/aromatic N) is 3. The first-order valence-electron chi connectivity index (χ1n) is 6.36. The number of nitrogens with two attached hydrogens (primary N) is 1. The molecule has 3 heterocycles. The lowest BCUT2D eigenvalue weighted by atomic mass is 10.1. The van der Waals surface area contributed by atoms with Gasteiger partial charge in [-0.05, 0) is 6.92 Å². The minimum Gasteiger partial charge on any atom is -0.394 e. The van der Waals surface area contributed by atoms with Crippen molar-refractivity contribution in [2.75, 3.05) is 17.2 Å². The Labute approximate surface area is 125 Å². The highest BCUT2D eigenvalue weighted by atomic mass is 32.2. The Hall–Kier alpha value is -1.39. The zero-order chi connectivity index (χ0) is 15.3. The Bertz CT molecular complexity index is 599. The number of ether oxygens (including phenoxy) is 1. The summed E-state index contributed by atoms with van der Waals surface area (Å²) in [5.74, 6) is 0.600. The summed E-state index contributed by atoms with van der Waals surface area (Å²) in [6, 6.07) is 0. The fourth-order valence-electron chi connectivity index (χ4n) is 2.49. The number of aliphatic hydroxyl groups is 3. The zero-order valence-electron chi connectivity index (χ0n) is 11.3. The van der Waals surface area contributed by atoms with E-state index in [2.05, 4.69) is 16.5 Å². The Balaban J connectivity index is 2.00. The van der Waals surface area contributed by atoms with Crippen molar-refractivity contribution in [3.8, 4) is 0 Å². The molecule has 0 bridgehead atoms. The molecule has 0 radical (unpaired) electrons. The summed E-state index contributed by atoms with van der Waals surface area (Å²) in [6.07, 6.45) is -4.11. The lowest BCUT2D eigenvalue weighted by Gasteiger charge is -2.27. The highest BCUT2D eigenvalue weighted by molar-refractivity contribution is 8.03. The molecule has 114 valence electrons. The molecule has 0 saturated carbocycles. The number of nitrogen functional groups attached to an aromatic ring is 1. The maximum absolute atomic E-state index is 10.1. The third kappa shape index (κ3) is 2.17. The second kappa shape index (κ2) is 5.11. The molecule has 0 aliphatic carbocycles. The lowest BCUT2D eigenvalue weighted by molar-refractivity contribution is -0.0205. The number of fused-ring (bicyclic) bond motifs is 1. The van der Waals surface area contributed by atoms with Crippen molar-refractivity contribution in [3.63, 3.8) is 0 Å². The van der Waals surface area contributed by atoms with E-state index in [0.29, 0.717) is 16.5 Å². The van der Waals surface area contributed by atoms with Gasteiger partial charge in [-0.15, -0.1) is 0 Å². The van der Waals surface area contributed by atoms with Crippen LogP contribution >= 0.6 is 11.8 Å². The molecule has 1 fully saturated rings. The maximum Gasteiger partial charge on any atom is 0.222 e. The number of hydrogen-bond donors (Lipinski definition) is 4. The molecule has 2 aliphatic heterocycles. The van der Waals surface area contributed by atoms with E-state index in [0.717, 1.165) is 4.90 Å². The van der Waals surface area contributed by atoms with Crippen LogP contribution in [0.15, 0.2) is 16.5 Å². The number of aliphatic hydroxyl groups excluding tert-OH is 3. The summed E-state index contributed by atoms with van der Waals surface area (Å²) in [5.41, 5.74) is 6.38. The average molecular weight is 312 g/mol. The van der Waals surface area contributed by atoms with E-state index in [-0.39, 0.29) is 12.6 Å². The second-order valence-corrected chi connectivity index (χ2v) is 6.00. The van der Waals surface area contributed by atoms with Gasteiger partial charge in [-0.3, -0.25) is 4.90 Å². The number of aryl methyl sites for hydroxylation is 1. The molecule has 1 aromatic heterocycles. The summed E-state index contributed by atoms with van der Waals surface area (Å²) < 4.78 is 5.53. The monoisotopic (exact) mass is 312 g/mol. The van der Waals surface area contributed by atoms with Crippen LogP contribution in [0.4, 0.5) is 11.8 Å². The van der Waals surface area contributed by atoms with Crippen molar-refractivity contribution in [1.29, 1.82) is 0 Å². The van der Waals surface area contributed by atoms with Crippen LogP contribution < -0.4 is 10.6 Å². The van der Waals surface area contributed by atoms with E-state index in [1.54, 1.807) is 11.8 Å². The molecule has 3 rings (SSSR count). The van der Waals surface area contributed by atoms with E-state index in [9.17, 15) is 15.3 Å². The van der Waals surface area contributed by atoms with Crippen LogP contribution in [0.3, 0.4) is 0 Å². The quantitative estimate of drug-likeness (QED) is 0.554. The van der Waals surface area contributed by atoms with Crippen LogP contribution in [0.25, 0.3) is 0 Å². The molecule has 0 unspecified atom stereocenters. The number of aromatic nitrogens is 2. The van der Waals surface area contributed by atoms with Gasteiger partial charge in [0.05, 0.1) is 22.2 Å². The van der Waals surface area contributed by atoms with Crippen LogP contribution in [-0.4, -0.2) is 56.4 Å². The Morgan fingerprint density at radius 1 is 1.38 bits per heavy atom. The summed E-state index contributed by atoms with van der Waals surface area (Å²) in [4.78, 5) is 10.6. The fourth-order valence-corrected chi connectivity index (χ4v) is 3.45. The third-order valence-corrected chi connectivity index (χ3v) is 4.64. The zero-order valence-corrected chi connectivity index (χ0v) is 12.1. The molecule has 1 saturated heterocycles. The van der Waals surface area contributed by atoms with Crippen LogP contribution in [0.5, 0.6) is 0 Å². The number of anilines is 2. The smallest absolute Gasteiger partial charge is 0.222 e. The van der Waals surface area contributed by atoms with Crippen LogP contribution in [-0.2, 0) is 4.74 Å². The Kier molecular flexibility index (Phi) is 3.54. The van der Waals surface area contributed by atoms with Crippen molar-refractivity contribution < 1.29 is 20.1 Å². The van der Waals surface area contributed by atoms with Gasteiger partial charge < -0.3 is 25.8 Å². The molecule has 8 nitrogen and oxygen atoms in total. The lowest BCUT2D eigenvalue weighted by Crippen LogP contribution is -2.42. The first kappa shape index (κ1) is 14.5. The minimum absolute atomic E-state index is 0.110. The van der Waals surface area contributed by atoms with E-state index in [4.69, 9.17) is 10.5 Å². The van der Waals surface area contributed by atoms with Crippen molar-refractivity contribution in [3.05, 3.63) is 17.3 Å². The van der Waals surface area contributed by atoms with Crippen molar-refractivity contribution in [1.82, 2.24) is 9.97 Å². The Morgan fingerprint density at radius 2 is 2.10 bits per heavy atom. The van der Waals surface area contributed by atoms with Crippen molar-refractivity contribution in [2.24, 2.45) is 0 Å². The molecule has 0 aromatic carbocycles. The van der Waals surface area contributed by atoms with E-state index in [1.807, 2.05) is 0 Å². The molecule has 9 heteroatoms. The second-order valence-electron chi connectivity index (χ2n) is 4.91. The molecule has 1 aromatic rings. The van der Waals surface area contributed by atoms with E-state index < -0.39 is 24.5 Å². The number of thioether (sulfide) groups is 1. The molecule has 0 amide bonds. The molecular weight excluding hydrogens is 296 g/mol. The highest BCUT2D eigenvalue weighted by Gasteiger charge is 2.48. The first-order valence-corrected chi connectivity index (χ1v) is 7.18. The van der Waals surface area contributed by atoms with Gasteiger partial charge in [0.25, 0.3) is 0 Å². The normalized spacial score (nSPS) is 31.8. The first-order chi connectivity index (χ1) is 9.93. The molecule has 0 spiro atoms. The largest absolute Gasteiger partial charge is 0.394 e. The molecule has 21 heavy (non-hydrogen) atoms. The van der Waals surface area contributed by atoms with Crippen molar-refractivity contribution >= 4 is 23.5 Å². The molecule has 2 aliphatic rings. The van der Waals surface area contributed by atoms with Crippen LogP contribution in [0.2, 0.25) is 0 Å². The predicted molar refractivity (Wildman–Crippen MR) is 76.4 cm³/mol. The van der Waals surface area contributed by atoms with Gasteiger partial charge in [-0.25, -0.2) is 4.98 Å². The summed E-state index contributed by atoms with van der Waals surface area (Å²) in [6.45, 7) is 5.34. The number of hydrogen-bond acceptors (Lipinski definition) is 9. The van der Waals surface area contributed by atoms with E-state index in [1.165, 1.54) is 11.8 Å². The van der Waals surface area contributed by atoms with Gasteiger partial charge in [-0.1, -0.05) is 18.3 Å². The molecule has 5 N–H and O–H groups in total. The maximum atomic E-state index is 10.1. The van der Waals surface area contributed by atoms with Crippen molar-refractivity contribution in [2.45, 2.75) is 36.4 Å². The van der Waals surface area contributed by atoms with Gasteiger partial charge in [0.2, 0.25) is 5.95 Å². The van der Waals surface area contributed by atoms with Gasteiger partial charge in [0.1, 0.15) is 18.3 Å². The molecule has 4 atom stereocenters. The van der Waals surface area contributed by atoms with Gasteiger partial charge in [0, 0.05) is 0 Å². The van der Waals surface area contributed by atoms with Gasteiger partial charge in [0.15, 0.2) is 12.0 Å². The standard InChI is InChI=1S/C12H16N4O4S/c1-4-9-10(15-12(13)14-4)16(5(2)21-9)11-8(19)7(18)6(3-17)20-11/h6-8,11,17-19H,2-3H2,1H3,(H2,13,14,15)/t6-,7-,8-,11-/m1/s1. The topological polar surface area (TPSA) is 125 Å². The van der Waals surface area contributed by atoms with Crippen LogP contribution in [0.1, 0.15) is 5.69 Å². The van der Waals surface area contributed by atoms with E-state index >= 15 is 0 Å². The summed E-state index contributed by atoms with van der Waals surface area (Å²) in [7, 11) is 0.